The maximum Gasteiger partial charge on any atom is 0.232 e. The van der Waals surface area contributed by atoms with E-state index in [1.165, 1.54) is 17.3 Å². The van der Waals surface area contributed by atoms with Gasteiger partial charge < -0.3 is 9.84 Å². The van der Waals surface area contributed by atoms with Crippen LogP contribution in [-0.4, -0.2) is 25.4 Å². The summed E-state index contributed by atoms with van der Waals surface area (Å²) in [6.45, 7) is 0. The van der Waals surface area contributed by atoms with E-state index in [1.807, 2.05) is 54.6 Å². The van der Waals surface area contributed by atoms with Gasteiger partial charge in [-0.3, -0.25) is 0 Å². The van der Waals surface area contributed by atoms with Crippen LogP contribution in [0.4, 0.5) is 0 Å². The van der Waals surface area contributed by atoms with E-state index in [2.05, 4.69) is 10.1 Å². The number of nitrogens with zero attached hydrogens (tertiary/aromatic N) is 3. The smallest absolute Gasteiger partial charge is 0.232 e. The fourth-order valence-corrected chi connectivity index (χ4v) is 2.25. The molecule has 0 aliphatic rings. The van der Waals surface area contributed by atoms with Crippen LogP contribution in [0, 0.1) is 0 Å². The van der Waals surface area contributed by atoms with Crippen LogP contribution in [0.1, 0.15) is 6.23 Å². The van der Waals surface area contributed by atoms with Gasteiger partial charge in [0, 0.05) is 0 Å². The highest BCUT2D eigenvalue weighted by Gasteiger charge is 2.21. The van der Waals surface area contributed by atoms with Gasteiger partial charge in [0.15, 0.2) is 5.56 Å². The van der Waals surface area contributed by atoms with E-state index >= 15 is 0 Å². The number of ether oxygens (including phenoxy) is 1. The van der Waals surface area contributed by atoms with Crippen molar-refractivity contribution in [2.24, 2.45) is 0 Å². The average Bonchev–Trinajstić information content (AvgIpc) is 3.08. The number of benzene rings is 2. The minimum Gasteiger partial charge on any atom is -0.464 e. The molecule has 1 aromatic heterocycles. The summed E-state index contributed by atoms with van der Waals surface area (Å²) in [6, 6.07) is 17.6. The fraction of sp³-hybridized carbons (Fsp3) is 0.125. The summed E-state index contributed by atoms with van der Waals surface area (Å²) >= 11 is 5.75. The van der Waals surface area contributed by atoms with Crippen molar-refractivity contribution >= 4 is 11.6 Å². The molecule has 0 radical (unpaired) electrons. The summed E-state index contributed by atoms with van der Waals surface area (Å²) in [4.78, 5) is 3.82. The molecule has 0 saturated carbocycles. The molecule has 3 rings (SSSR count). The topological polar surface area (TPSA) is 60.2 Å². The van der Waals surface area contributed by atoms with Gasteiger partial charge in [-0.2, -0.15) is 5.10 Å². The molecule has 0 amide bonds. The lowest BCUT2D eigenvalue weighted by Gasteiger charge is -2.20. The Morgan fingerprint density at radius 2 is 1.68 bits per heavy atom. The Kier molecular flexibility index (Phi) is 4.37. The van der Waals surface area contributed by atoms with E-state index in [-0.39, 0.29) is 0 Å². The van der Waals surface area contributed by atoms with Gasteiger partial charge in [0.25, 0.3) is 0 Å². The van der Waals surface area contributed by atoms with Crippen molar-refractivity contribution in [2.75, 3.05) is 0 Å². The summed E-state index contributed by atoms with van der Waals surface area (Å²) in [5.74, 6) is 0.583. The molecule has 2 unspecified atom stereocenters. The lowest BCUT2D eigenvalue weighted by atomic mass is 10.1. The van der Waals surface area contributed by atoms with Crippen molar-refractivity contribution in [1.29, 1.82) is 0 Å². The maximum atomic E-state index is 9.63. The molecule has 22 heavy (non-hydrogen) atoms. The third-order valence-corrected chi connectivity index (χ3v) is 3.37. The fourth-order valence-electron chi connectivity index (χ4n) is 2.08. The molecular formula is C16H14ClN3O2. The Morgan fingerprint density at radius 1 is 1.00 bits per heavy atom. The summed E-state index contributed by atoms with van der Waals surface area (Å²) in [7, 11) is 0. The lowest BCUT2D eigenvalue weighted by Crippen LogP contribution is -2.25. The van der Waals surface area contributed by atoms with Crippen LogP contribution >= 0.6 is 11.6 Å². The van der Waals surface area contributed by atoms with Crippen LogP contribution < -0.4 is 4.74 Å². The van der Waals surface area contributed by atoms with Crippen LogP contribution in [0.15, 0.2) is 67.3 Å². The van der Waals surface area contributed by atoms with Crippen LogP contribution in [0.25, 0.3) is 11.1 Å². The van der Waals surface area contributed by atoms with Crippen molar-refractivity contribution in [2.45, 2.75) is 11.8 Å². The van der Waals surface area contributed by atoms with Gasteiger partial charge in [-0.1, -0.05) is 54.1 Å². The highest BCUT2D eigenvalue weighted by Crippen LogP contribution is 2.25. The number of hydrogen-bond acceptors (Lipinski definition) is 4. The minimum atomic E-state index is -1.24. The van der Waals surface area contributed by atoms with Gasteiger partial charge in [0.2, 0.25) is 6.23 Å². The molecule has 0 aliphatic carbocycles. The molecule has 2 atom stereocenters. The van der Waals surface area contributed by atoms with Crippen LogP contribution in [0.3, 0.4) is 0 Å². The Bertz CT molecular complexity index is 700. The predicted molar refractivity (Wildman–Crippen MR) is 83.4 cm³/mol. The van der Waals surface area contributed by atoms with Gasteiger partial charge >= 0.3 is 0 Å². The van der Waals surface area contributed by atoms with E-state index < -0.39 is 11.8 Å². The molecule has 5 nitrogen and oxygen atoms in total. The molecular weight excluding hydrogens is 302 g/mol. The van der Waals surface area contributed by atoms with Crippen molar-refractivity contribution in [1.82, 2.24) is 14.8 Å². The summed E-state index contributed by atoms with van der Waals surface area (Å²) in [5, 5.41) is 13.6. The number of aliphatic hydroxyl groups excluding tert-OH is 1. The Labute approximate surface area is 132 Å². The van der Waals surface area contributed by atoms with Crippen LogP contribution in [0.5, 0.6) is 5.75 Å². The molecule has 112 valence electrons. The average molecular weight is 316 g/mol. The third-order valence-electron chi connectivity index (χ3n) is 3.15. The van der Waals surface area contributed by atoms with E-state index in [9.17, 15) is 5.11 Å². The zero-order valence-electron chi connectivity index (χ0n) is 11.6. The maximum absolute atomic E-state index is 9.63. The first kappa shape index (κ1) is 14.6. The highest BCUT2D eigenvalue weighted by atomic mass is 35.5. The largest absolute Gasteiger partial charge is 0.464 e. The Hall–Kier alpha value is -2.37. The predicted octanol–water partition coefficient (Wildman–Crippen LogP) is 3.08. The number of halogens is 1. The summed E-state index contributed by atoms with van der Waals surface area (Å²) in [5.41, 5.74) is 0.964. The molecule has 2 aromatic carbocycles. The molecule has 6 heteroatoms. The molecule has 1 heterocycles. The van der Waals surface area contributed by atoms with E-state index in [4.69, 9.17) is 16.3 Å². The molecule has 0 fully saturated rings. The second kappa shape index (κ2) is 6.60. The molecule has 3 aromatic rings. The second-order valence-corrected chi connectivity index (χ2v) is 5.09. The van der Waals surface area contributed by atoms with Crippen LogP contribution in [-0.2, 0) is 0 Å². The van der Waals surface area contributed by atoms with Crippen molar-refractivity contribution in [3.8, 4) is 16.9 Å². The molecule has 0 spiro atoms. The van der Waals surface area contributed by atoms with Gasteiger partial charge in [0.1, 0.15) is 18.4 Å². The zero-order valence-corrected chi connectivity index (χ0v) is 12.3. The zero-order chi connectivity index (χ0) is 15.4. The Balaban J connectivity index is 1.78. The molecule has 1 N–H and O–H groups in total. The first-order valence-corrected chi connectivity index (χ1v) is 7.16. The van der Waals surface area contributed by atoms with Gasteiger partial charge in [-0.25, -0.2) is 9.67 Å². The third kappa shape index (κ3) is 3.27. The van der Waals surface area contributed by atoms with Gasteiger partial charge in [0.05, 0.1) is 0 Å². The highest BCUT2D eigenvalue weighted by molar-refractivity contribution is 6.19. The standard InChI is InChI=1S/C16H14ClN3O2/c17-15(21)16(20-11-18-10-19-20)22-14-8-6-13(7-9-14)12-4-2-1-3-5-12/h1-11,15-16,21H. The number of aromatic nitrogens is 3. The first-order chi connectivity index (χ1) is 10.7. The number of hydrogen-bond donors (Lipinski definition) is 1. The Morgan fingerprint density at radius 3 is 2.27 bits per heavy atom. The van der Waals surface area contributed by atoms with Crippen molar-refractivity contribution in [3.63, 3.8) is 0 Å². The molecule has 0 aliphatic heterocycles. The number of alkyl halides is 1. The monoisotopic (exact) mass is 315 g/mol. The summed E-state index contributed by atoms with van der Waals surface area (Å²) in [6.07, 6.45) is 1.95. The van der Waals surface area contributed by atoms with E-state index in [0.717, 1.165) is 11.1 Å². The molecule has 0 saturated heterocycles. The second-order valence-electron chi connectivity index (χ2n) is 4.65. The number of rotatable bonds is 5. The summed E-state index contributed by atoms with van der Waals surface area (Å²) < 4.78 is 7.05. The number of aliphatic hydroxyl groups is 1. The first-order valence-electron chi connectivity index (χ1n) is 6.72. The van der Waals surface area contributed by atoms with Crippen LogP contribution in [0.2, 0.25) is 0 Å². The SMILES string of the molecule is OC(Cl)C(Oc1ccc(-c2ccccc2)cc1)n1cncn1. The minimum absolute atomic E-state index is 0.583. The quantitative estimate of drug-likeness (QED) is 0.735. The lowest BCUT2D eigenvalue weighted by molar-refractivity contribution is 0.0270. The van der Waals surface area contributed by atoms with Gasteiger partial charge in [-0.15, -0.1) is 0 Å². The normalized spacial score (nSPS) is 13.5. The molecule has 0 bridgehead atoms. The van der Waals surface area contributed by atoms with Gasteiger partial charge in [-0.05, 0) is 23.3 Å². The van der Waals surface area contributed by atoms with Crippen molar-refractivity contribution < 1.29 is 9.84 Å². The van der Waals surface area contributed by atoms with Crippen molar-refractivity contribution in [3.05, 3.63) is 67.3 Å². The van der Waals surface area contributed by atoms with E-state index in [0.29, 0.717) is 5.75 Å². The van der Waals surface area contributed by atoms with E-state index in [1.54, 1.807) is 0 Å².